The molecule has 0 radical (unpaired) electrons. The minimum Gasteiger partial charge on any atom is -0.459 e. The molecule has 4 fully saturated rings. The summed E-state index contributed by atoms with van der Waals surface area (Å²) in [6, 6.07) is -1.25. The van der Waals surface area contributed by atoms with Crippen LogP contribution in [0.15, 0.2) is 0 Å². The van der Waals surface area contributed by atoms with E-state index in [0.29, 0.717) is 13.0 Å². The summed E-state index contributed by atoms with van der Waals surface area (Å²) in [5.74, 6) is -4.08. The van der Waals surface area contributed by atoms with Crippen LogP contribution >= 0.6 is 0 Å². The SMILES string of the molecule is CC[C@H]1OC(=O)[C@H](C)[C@@H](O[C@H]2C[C@@](C)(OC)[C@@H](OC(=O)CCN3CCN(CCN(C)C)CC3)[C@H](C)O2)[C@H](C)[C@@H](O[C@@H]2O[C@H](C)C[C@H](N(C)C)[C@H]2O)[C@](C)(OC)C[C@@H](C)C(=O)N[C@H](C)[C@@H](O)[C@]1(C)O. The Labute approximate surface area is 407 Å². The van der Waals surface area contributed by atoms with Gasteiger partial charge in [-0.3, -0.25) is 19.3 Å². The van der Waals surface area contributed by atoms with Crippen LogP contribution in [-0.2, 0) is 52.3 Å². The number of carbonyl (C=O) groups excluding carboxylic acids is 3. The molecule has 1 amide bonds. The maximum Gasteiger partial charge on any atom is 0.311 e. The van der Waals surface area contributed by atoms with Gasteiger partial charge in [0.2, 0.25) is 5.91 Å². The summed E-state index contributed by atoms with van der Waals surface area (Å²) in [5, 5.41) is 37.9. The van der Waals surface area contributed by atoms with Gasteiger partial charge in [-0.2, -0.15) is 0 Å². The van der Waals surface area contributed by atoms with E-state index < -0.39 is 108 Å². The van der Waals surface area contributed by atoms with Gasteiger partial charge in [0.15, 0.2) is 18.7 Å². The molecule has 0 aromatic rings. The molecule has 4 N–H and O–H groups in total. The van der Waals surface area contributed by atoms with Crippen molar-refractivity contribution in [2.75, 3.05) is 88.2 Å². The summed E-state index contributed by atoms with van der Waals surface area (Å²) in [6.45, 7) is 23.5. The van der Waals surface area contributed by atoms with Crippen molar-refractivity contribution in [3.05, 3.63) is 0 Å². The zero-order valence-electron chi connectivity index (χ0n) is 44.3. The molecular formula is C49H91N5O14. The Bertz CT molecular complexity index is 1600. The topological polar surface area (TPSA) is 211 Å². The second-order valence-corrected chi connectivity index (χ2v) is 21.4. The minimum absolute atomic E-state index is 0.0842. The number of nitrogens with zero attached hydrogens (tertiary/aromatic N) is 4. The van der Waals surface area contributed by atoms with Crippen LogP contribution in [0.1, 0.15) is 101 Å². The summed E-state index contributed by atoms with van der Waals surface area (Å²) in [4.78, 5) is 50.8. The number of likely N-dealkylation sites (N-methyl/N-ethyl adjacent to an activating group) is 2. The number of aliphatic hydroxyl groups is 3. The number of amides is 1. The first-order valence-corrected chi connectivity index (χ1v) is 25.0. The zero-order chi connectivity index (χ0) is 51.1. The zero-order valence-corrected chi connectivity index (χ0v) is 44.3. The highest BCUT2D eigenvalue weighted by atomic mass is 16.7. The molecule has 4 aliphatic heterocycles. The number of esters is 2. The van der Waals surface area contributed by atoms with E-state index in [1.807, 2.05) is 39.8 Å². The number of hydrogen-bond acceptors (Lipinski definition) is 18. The normalized spacial score (nSPS) is 42.3. The van der Waals surface area contributed by atoms with Crippen molar-refractivity contribution >= 4 is 17.8 Å². The molecule has 19 nitrogen and oxygen atoms in total. The Kier molecular flexibility index (Phi) is 21.5. The maximum absolute atomic E-state index is 14.6. The van der Waals surface area contributed by atoms with Gasteiger partial charge in [0, 0.05) is 84.3 Å². The first kappa shape index (κ1) is 58.5. The molecule has 396 valence electrons. The fourth-order valence-electron chi connectivity index (χ4n) is 10.7. The Hall–Kier alpha value is -2.11. The third kappa shape index (κ3) is 14.5. The van der Waals surface area contributed by atoms with Crippen molar-refractivity contribution < 1.29 is 67.6 Å². The van der Waals surface area contributed by atoms with Crippen LogP contribution in [0, 0.1) is 17.8 Å². The molecule has 4 aliphatic rings. The van der Waals surface area contributed by atoms with Crippen molar-refractivity contribution in [1.29, 1.82) is 0 Å². The maximum atomic E-state index is 14.6. The van der Waals surface area contributed by atoms with E-state index in [9.17, 15) is 29.7 Å². The third-order valence-electron chi connectivity index (χ3n) is 15.3. The molecule has 0 spiro atoms. The van der Waals surface area contributed by atoms with E-state index in [4.69, 9.17) is 37.9 Å². The van der Waals surface area contributed by atoms with Gasteiger partial charge in [-0.25, -0.2) is 0 Å². The van der Waals surface area contributed by atoms with Crippen molar-refractivity contribution in [2.24, 2.45) is 17.8 Å². The number of piperazine rings is 1. The number of cyclic esters (lactones) is 1. The van der Waals surface area contributed by atoms with Gasteiger partial charge in [-0.1, -0.05) is 20.8 Å². The molecule has 0 aromatic heterocycles. The van der Waals surface area contributed by atoms with Gasteiger partial charge in [0.25, 0.3) is 0 Å². The van der Waals surface area contributed by atoms with E-state index in [0.717, 1.165) is 39.3 Å². The number of ether oxygens (including phenoxy) is 8. The molecule has 0 bridgehead atoms. The van der Waals surface area contributed by atoms with Crippen LogP contribution in [0.25, 0.3) is 0 Å². The van der Waals surface area contributed by atoms with Gasteiger partial charge in [-0.15, -0.1) is 0 Å². The summed E-state index contributed by atoms with van der Waals surface area (Å²) in [5.41, 5.74) is -4.35. The van der Waals surface area contributed by atoms with E-state index in [-0.39, 0.29) is 43.8 Å². The number of aliphatic hydroxyl groups excluding tert-OH is 2. The van der Waals surface area contributed by atoms with E-state index in [1.54, 1.807) is 48.7 Å². The monoisotopic (exact) mass is 974 g/mol. The smallest absolute Gasteiger partial charge is 0.311 e. The van der Waals surface area contributed by atoms with Crippen LogP contribution in [0.2, 0.25) is 0 Å². The number of rotatable bonds is 15. The van der Waals surface area contributed by atoms with Crippen LogP contribution in [-0.4, -0.2) is 231 Å². The summed E-state index contributed by atoms with van der Waals surface area (Å²) >= 11 is 0. The Morgan fingerprint density at radius 3 is 2.00 bits per heavy atom. The first-order chi connectivity index (χ1) is 31.7. The van der Waals surface area contributed by atoms with Crippen molar-refractivity contribution in [3.8, 4) is 0 Å². The van der Waals surface area contributed by atoms with E-state index >= 15 is 0 Å². The van der Waals surface area contributed by atoms with E-state index in [1.165, 1.54) is 14.0 Å². The van der Waals surface area contributed by atoms with Gasteiger partial charge < -0.3 is 73.2 Å². The van der Waals surface area contributed by atoms with Gasteiger partial charge in [0.1, 0.15) is 29.5 Å². The number of hydrogen-bond donors (Lipinski definition) is 4. The first-order valence-electron chi connectivity index (χ1n) is 25.0. The van der Waals surface area contributed by atoms with Crippen molar-refractivity contribution in [2.45, 2.75) is 192 Å². The molecule has 4 rings (SSSR count). The number of nitrogens with one attached hydrogen (secondary N) is 1. The highest BCUT2D eigenvalue weighted by Crippen LogP contribution is 2.41. The predicted octanol–water partition coefficient (Wildman–Crippen LogP) is 1.86. The summed E-state index contributed by atoms with van der Waals surface area (Å²) in [6.07, 6.45) is -8.78. The lowest BCUT2D eigenvalue weighted by Gasteiger charge is -2.49. The molecular weight excluding hydrogens is 883 g/mol. The summed E-state index contributed by atoms with van der Waals surface area (Å²) in [7, 11) is 11.0. The minimum atomic E-state index is -1.97. The number of carbonyl (C=O) groups is 3. The number of methoxy groups -OCH3 is 2. The molecule has 19 heteroatoms. The van der Waals surface area contributed by atoms with Crippen LogP contribution in [0.4, 0.5) is 0 Å². The second-order valence-electron chi connectivity index (χ2n) is 21.4. The van der Waals surface area contributed by atoms with Gasteiger partial charge >= 0.3 is 11.9 Å². The lowest BCUT2D eigenvalue weighted by atomic mass is 9.77. The van der Waals surface area contributed by atoms with Crippen molar-refractivity contribution in [1.82, 2.24) is 24.9 Å². The third-order valence-corrected chi connectivity index (χ3v) is 15.3. The van der Waals surface area contributed by atoms with Crippen LogP contribution < -0.4 is 5.32 Å². The molecule has 0 aliphatic carbocycles. The largest absolute Gasteiger partial charge is 0.459 e. The Balaban J connectivity index is 1.68. The Morgan fingerprint density at radius 1 is 0.853 bits per heavy atom. The molecule has 4 saturated heterocycles. The molecule has 18 atom stereocenters. The standard InChI is InChI=1S/C49H91N5O14/c1-17-36-49(10,60)41(57)33(6)50-44(58)29(2)27-47(8,61-15)42(68-46-39(56)35(52(13)14)26-30(3)63-46)31(4)40(32(5)45(59)65-36)67-38-28-48(9,62-16)43(34(7)64-38)66-37(55)18-19-53-22-24-54(25-23-53)21-20-51(11)12/h29-36,38-43,46,56-57,60H,17-28H2,1-16H3,(H,50,58)/t29-,30-,31+,32-,33-,34+,35+,36-,38+,39-,40+,41-,42-,43+,46+,47-,48-,49-/m1/s1. The van der Waals surface area contributed by atoms with Crippen LogP contribution in [0.3, 0.4) is 0 Å². The molecule has 4 heterocycles. The average Bonchev–Trinajstić information content (AvgIpc) is 3.28. The van der Waals surface area contributed by atoms with Gasteiger partial charge in [-0.05, 0) is 95.9 Å². The Morgan fingerprint density at radius 2 is 1.44 bits per heavy atom. The van der Waals surface area contributed by atoms with Crippen molar-refractivity contribution in [3.63, 3.8) is 0 Å². The lowest BCUT2D eigenvalue weighted by molar-refractivity contribution is -0.320. The fraction of sp³-hybridized carbons (Fsp3) is 0.939. The van der Waals surface area contributed by atoms with Gasteiger partial charge in [0.05, 0.1) is 48.4 Å². The highest BCUT2D eigenvalue weighted by molar-refractivity contribution is 5.78. The highest BCUT2D eigenvalue weighted by Gasteiger charge is 2.54. The molecule has 0 unspecified atom stereocenters. The molecule has 0 aromatic carbocycles. The predicted molar refractivity (Wildman–Crippen MR) is 254 cm³/mol. The quantitative estimate of drug-likeness (QED) is 0.173. The molecule has 68 heavy (non-hydrogen) atoms. The van der Waals surface area contributed by atoms with Crippen LogP contribution in [0.5, 0.6) is 0 Å². The average molecular weight is 974 g/mol. The molecule has 0 saturated carbocycles. The lowest BCUT2D eigenvalue weighted by Crippen LogP contribution is -2.61. The second kappa shape index (κ2) is 25.0. The fourth-order valence-corrected chi connectivity index (χ4v) is 10.7. The summed E-state index contributed by atoms with van der Waals surface area (Å²) < 4.78 is 51.5. The van der Waals surface area contributed by atoms with E-state index in [2.05, 4.69) is 34.1 Å².